The summed E-state index contributed by atoms with van der Waals surface area (Å²) in [5.74, 6) is 0.202. The zero-order chi connectivity index (χ0) is 20.1. The Morgan fingerprint density at radius 3 is 2.36 bits per heavy atom. The van der Waals surface area contributed by atoms with Crippen molar-refractivity contribution in [1.29, 1.82) is 0 Å². The van der Waals surface area contributed by atoms with E-state index in [-0.39, 0.29) is 22.5 Å². The lowest BCUT2D eigenvalue weighted by Crippen LogP contribution is -2.24. The van der Waals surface area contributed by atoms with E-state index < -0.39 is 9.84 Å². The maximum atomic E-state index is 12.6. The Morgan fingerprint density at radius 1 is 1.04 bits per heavy atom. The molecule has 3 aromatic rings. The van der Waals surface area contributed by atoms with Crippen molar-refractivity contribution in [3.63, 3.8) is 0 Å². The molecule has 0 aliphatic rings. The van der Waals surface area contributed by atoms with Crippen LogP contribution < -0.4 is 16.4 Å². The lowest BCUT2D eigenvalue weighted by atomic mass is 10.2. The van der Waals surface area contributed by atoms with Gasteiger partial charge in [-0.2, -0.15) is 0 Å². The van der Waals surface area contributed by atoms with Crippen molar-refractivity contribution in [3.8, 4) is 11.4 Å². The van der Waals surface area contributed by atoms with Crippen LogP contribution in [0.3, 0.4) is 0 Å². The first kappa shape index (κ1) is 19.3. The monoisotopic (exact) mass is 397 g/mol. The van der Waals surface area contributed by atoms with Crippen LogP contribution in [0.2, 0.25) is 0 Å². The molecule has 0 spiro atoms. The zero-order valence-corrected chi connectivity index (χ0v) is 15.9. The van der Waals surface area contributed by atoms with Crippen LogP contribution in [0, 0.1) is 0 Å². The van der Waals surface area contributed by atoms with Crippen LogP contribution in [-0.4, -0.2) is 31.5 Å². The van der Waals surface area contributed by atoms with Gasteiger partial charge in [0.1, 0.15) is 5.82 Å². The highest BCUT2D eigenvalue weighted by Crippen LogP contribution is 2.22. The van der Waals surface area contributed by atoms with Crippen LogP contribution in [0.15, 0.2) is 65.6 Å². The number of carbonyl (C=O) groups excluding carboxylic acids is 1. The van der Waals surface area contributed by atoms with Crippen molar-refractivity contribution in [1.82, 2.24) is 15.3 Å². The molecule has 4 N–H and O–H groups in total. The molecule has 9 heteroatoms. The van der Waals surface area contributed by atoms with E-state index in [4.69, 9.17) is 5.73 Å². The molecule has 2 aromatic carbocycles. The van der Waals surface area contributed by atoms with Gasteiger partial charge in [0.2, 0.25) is 0 Å². The lowest BCUT2D eigenvalue weighted by Gasteiger charge is -2.08. The van der Waals surface area contributed by atoms with Crippen molar-refractivity contribution in [3.05, 3.63) is 66.4 Å². The van der Waals surface area contributed by atoms with Crippen molar-refractivity contribution in [2.45, 2.75) is 10.6 Å². The fraction of sp³-hybridized carbons (Fsp3) is 0.105. The maximum absolute atomic E-state index is 12.6. The molecule has 0 aliphatic heterocycles. The summed E-state index contributed by atoms with van der Waals surface area (Å²) in [4.78, 5) is 20.1. The molecule has 8 nitrogen and oxygen atoms in total. The number of aromatic nitrogens is 2. The van der Waals surface area contributed by atoms with Crippen LogP contribution in [0.25, 0.3) is 11.4 Å². The summed E-state index contributed by atoms with van der Waals surface area (Å²) in [5.41, 5.74) is 7.40. The van der Waals surface area contributed by atoms with Crippen molar-refractivity contribution >= 4 is 27.4 Å². The first-order valence-electron chi connectivity index (χ1n) is 8.38. The van der Waals surface area contributed by atoms with Gasteiger partial charge in [-0.1, -0.05) is 18.2 Å². The van der Waals surface area contributed by atoms with E-state index in [1.54, 1.807) is 54.6 Å². The average Bonchev–Trinajstić information content (AvgIpc) is 2.68. The number of nitrogens with zero attached hydrogens (tertiary/aromatic N) is 2. The Labute approximate surface area is 162 Å². The van der Waals surface area contributed by atoms with Crippen molar-refractivity contribution in [2.75, 3.05) is 18.1 Å². The van der Waals surface area contributed by atoms with Crippen LogP contribution in [0.1, 0.15) is 5.69 Å². The summed E-state index contributed by atoms with van der Waals surface area (Å²) < 4.78 is 25.2. The standard InChI is InChI=1S/C19H19N5O3S/c1-21-19(25)23-14-9-7-13(8-10-14)18-22-15(11-17(20)24-18)12-28(26,27)16-5-3-2-4-6-16/h2-11H,12H2,1H3,(H2,20,22,24)(H2,21,23,25). The number of rotatable bonds is 5. The summed E-state index contributed by atoms with van der Waals surface area (Å²) in [6.07, 6.45) is 0. The highest BCUT2D eigenvalue weighted by molar-refractivity contribution is 7.90. The minimum absolute atomic E-state index is 0.177. The molecule has 144 valence electrons. The van der Waals surface area contributed by atoms with Crippen LogP contribution in [0.4, 0.5) is 16.3 Å². The van der Waals surface area contributed by atoms with Gasteiger partial charge in [-0.05, 0) is 36.4 Å². The first-order valence-corrected chi connectivity index (χ1v) is 10.0. The van der Waals surface area contributed by atoms with Crippen LogP contribution in [0.5, 0.6) is 0 Å². The predicted octanol–water partition coefficient (Wildman–Crippen LogP) is 2.45. The largest absolute Gasteiger partial charge is 0.384 e. The quantitative estimate of drug-likeness (QED) is 0.607. The molecule has 0 radical (unpaired) electrons. The second kappa shape index (κ2) is 8.05. The minimum atomic E-state index is -3.55. The van der Waals surface area contributed by atoms with Gasteiger partial charge in [-0.15, -0.1) is 0 Å². The molecule has 0 saturated heterocycles. The Balaban J connectivity index is 1.87. The molecule has 0 atom stereocenters. The third-order valence-corrected chi connectivity index (χ3v) is 5.53. The second-order valence-corrected chi connectivity index (χ2v) is 7.95. The normalized spacial score (nSPS) is 11.0. The number of hydrogen-bond acceptors (Lipinski definition) is 6. The highest BCUT2D eigenvalue weighted by atomic mass is 32.2. The molecular formula is C19H19N5O3S. The average molecular weight is 397 g/mol. The first-order chi connectivity index (χ1) is 13.4. The number of nitrogens with two attached hydrogens (primary N) is 1. The van der Waals surface area contributed by atoms with Gasteiger partial charge in [0.15, 0.2) is 15.7 Å². The van der Waals surface area contributed by atoms with Crippen molar-refractivity contribution < 1.29 is 13.2 Å². The van der Waals surface area contributed by atoms with Crippen molar-refractivity contribution in [2.24, 2.45) is 0 Å². The maximum Gasteiger partial charge on any atom is 0.318 e. The molecule has 0 aliphatic carbocycles. The van der Waals surface area contributed by atoms with Gasteiger partial charge >= 0.3 is 6.03 Å². The van der Waals surface area contributed by atoms with Gasteiger partial charge in [0, 0.05) is 24.4 Å². The molecule has 3 rings (SSSR count). The minimum Gasteiger partial charge on any atom is -0.384 e. The summed E-state index contributed by atoms with van der Waals surface area (Å²) in [6, 6.07) is 16.1. The van der Waals surface area contributed by atoms with E-state index in [1.807, 2.05) is 0 Å². The van der Waals surface area contributed by atoms with E-state index in [9.17, 15) is 13.2 Å². The predicted molar refractivity (Wildman–Crippen MR) is 107 cm³/mol. The summed E-state index contributed by atoms with van der Waals surface area (Å²) in [6.45, 7) is 0. The molecule has 0 unspecified atom stereocenters. The van der Waals surface area contributed by atoms with Crippen LogP contribution in [-0.2, 0) is 15.6 Å². The Bertz CT molecular complexity index is 1080. The van der Waals surface area contributed by atoms with E-state index in [0.717, 1.165) is 0 Å². The molecule has 0 bridgehead atoms. The van der Waals surface area contributed by atoms with E-state index in [1.165, 1.54) is 13.1 Å². The number of carbonyl (C=O) groups is 1. The van der Waals surface area contributed by atoms with Gasteiger partial charge in [-0.25, -0.2) is 23.2 Å². The molecular weight excluding hydrogens is 378 g/mol. The molecule has 0 fully saturated rings. The molecule has 1 aromatic heterocycles. The number of amides is 2. The number of nitrogens with one attached hydrogen (secondary N) is 2. The highest BCUT2D eigenvalue weighted by Gasteiger charge is 2.17. The van der Waals surface area contributed by atoms with Gasteiger partial charge in [0.05, 0.1) is 16.3 Å². The second-order valence-electron chi connectivity index (χ2n) is 5.96. The topological polar surface area (TPSA) is 127 Å². The third-order valence-electron chi connectivity index (χ3n) is 3.87. The third kappa shape index (κ3) is 4.63. The smallest absolute Gasteiger partial charge is 0.318 e. The molecule has 2 amide bonds. The van der Waals surface area contributed by atoms with Gasteiger partial charge < -0.3 is 16.4 Å². The van der Waals surface area contributed by atoms with E-state index in [2.05, 4.69) is 20.6 Å². The Morgan fingerprint density at radius 2 is 1.71 bits per heavy atom. The van der Waals surface area contributed by atoms with Gasteiger partial charge in [0.25, 0.3) is 0 Å². The zero-order valence-electron chi connectivity index (χ0n) is 15.1. The van der Waals surface area contributed by atoms with Gasteiger partial charge in [-0.3, -0.25) is 0 Å². The number of sulfone groups is 1. The van der Waals surface area contributed by atoms with E-state index in [0.29, 0.717) is 22.8 Å². The number of anilines is 2. The summed E-state index contributed by atoms with van der Waals surface area (Å²) >= 11 is 0. The summed E-state index contributed by atoms with van der Waals surface area (Å²) in [5, 5.41) is 5.11. The molecule has 28 heavy (non-hydrogen) atoms. The fourth-order valence-electron chi connectivity index (χ4n) is 2.52. The number of nitrogen functional groups attached to an aromatic ring is 1. The van der Waals surface area contributed by atoms with Crippen LogP contribution >= 0.6 is 0 Å². The Hall–Kier alpha value is -3.46. The summed E-state index contributed by atoms with van der Waals surface area (Å²) in [7, 11) is -2.03. The number of benzene rings is 2. The Kier molecular flexibility index (Phi) is 5.55. The number of urea groups is 1. The molecule has 0 saturated carbocycles. The SMILES string of the molecule is CNC(=O)Nc1ccc(-c2nc(N)cc(CS(=O)(=O)c3ccccc3)n2)cc1. The molecule has 1 heterocycles. The fourth-order valence-corrected chi connectivity index (χ4v) is 3.80. The lowest BCUT2D eigenvalue weighted by molar-refractivity contribution is 0.254. The van der Waals surface area contributed by atoms with E-state index >= 15 is 0 Å². The number of hydrogen-bond donors (Lipinski definition) is 3.